The molecule has 0 N–H and O–H groups in total. The summed E-state index contributed by atoms with van der Waals surface area (Å²) in [5.41, 5.74) is 0. The molecule has 0 rings (SSSR count). The molecule has 1 heteroatoms. The minimum Gasteiger partial charge on any atom is -0.326 e. The van der Waals surface area contributed by atoms with Gasteiger partial charge in [-0.05, 0) is 25.7 Å². The molecule has 1 nitrogen and oxygen atoms in total. The van der Waals surface area contributed by atoms with Crippen molar-refractivity contribution in [3.63, 3.8) is 0 Å². The predicted octanol–water partition coefficient (Wildman–Crippen LogP) is 8.12. The van der Waals surface area contributed by atoms with Crippen LogP contribution in [0.4, 0.5) is 0 Å². The van der Waals surface area contributed by atoms with Crippen LogP contribution >= 0.6 is 0 Å². The average molecular weight is 355 g/mol. The highest BCUT2D eigenvalue weighted by molar-refractivity contribution is 4.50. The van der Waals surface area contributed by atoms with Crippen molar-refractivity contribution in [2.45, 2.75) is 130 Å². The summed E-state index contributed by atoms with van der Waals surface area (Å²) in [5, 5.41) is 0. The first-order valence-corrected chi connectivity index (χ1v) is 12.0. The smallest absolute Gasteiger partial charge is 0.0784 e. The van der Waals surface area contributed by atoms with Gasteiger partial charge in [0.1, 0.15) is 0 Å². The normalized spacial score (nSPS) is 12.0. The van der Waals surface area contributed by atoms with Crippen molar-refractivity contribution < 1.29 is 4.48 Å². The van der Waals surface area contributed by atoms with Crippen LogP contribution in [0.15, 0.2) is 0 Å². The largest absolute Gasteiger partial charge is 0.326 e. The molecule has 0 atom stereocenters. The van der Waals surface area contributed by atoms with Crippen LogP contribution in [0.5, 0.6) is 0 Å². The van der Waals surface area contributed by atoms with Gasteiger partial charge in [-0.25, -0.2) is 0 Å². The number of hydrogen-bond donors (Lipinski definition) is 0. The minimum absolute atomic E-state index is 1.31. The van der Waals surface area contributed by atoms with E-state index in [1.165, 1.54) is 133 Å². The first kappa shape index (κ1) is 25.0. The lowest BCUT2D eigenvalue weighted by Crippen LogP contribution is -2.45. The molecule has 0 saturated carbocycles. The van der Waals surface area contributed by atoms with Crippen LogP contribution in [-0.4, -0.2) is 31.2 Å². The molecule has 0 aromatic carbocycles. The Labute approximate surface area is 161 Å². The van der Waals surface area contributed by atoms with E-state index < -0.39 is 0 Å². The van der Waals surface area contributed by atoms with Gasteiger partial charge in [-0.1, -0.05) is 104 Å². The van der Waals surface area contributed by atoms with Crippen molar-refractivity contribution in [2.75, 3.05) is 26.7 Å². The number of hydrogen-bond acceptors (Lipinski definition) is 0. The van der Waals surface area contributed by atoms with Gasteiger partial charge in [-0.3, -0.25) is 0 Å². The van der Waals surface area contributed by atoms with Gasteiger partial charge in [0, 0.05) is 0 Å². The summed E-state index contributed by atoms with van der Waals surface area (Å²) in [6, 6.07) is 0. The molecule has 25 heavy (non-hydrogen) atoms. The molecule has 0 aromatic heterocycles. The second-order valence-corrected chi connectivity index (χ2v) is 8.74. The summed E-state index contributed by atoms with van der Waals surface area (Å²) in [6.07, 6.45) is 24.6. The molecule has 0 bridgehead atoms. The standard InChI is InChI=1S/C24H52N/c1-5-8-9-10-11-12-13-14-15-16-17-18-19-20-21-24-25(4,22-6-2)23-7-3/h5-24H2,1-4H3/q+1. The molecule has 0 unspecified atom stereocenters. The summed E-state index contributed by atoms with van der Waals surface area (Å²) in [7, 11) is 2.47. The van der Waals surface area contributed by atoms with E-state index in [1.807, 2.05) is 0 Å². The molecule has 0 fully saturated rings. The average Bonchev–Trinajstić information content (AvgIpc) is 2.59. The SMILES string of the molecule is CCCCCCCCCCCCCCCCC[N+](C)(CCC)CCC. The van der Waals surface area contributed by atoms with Crippen molar-refractivity contribution in [3.05, 3.63) is 0 Å². The molecule has 0 radical (unpaired) electrons. The van der Waals surface area contributed by atoms with Gasteiger partial charge in [0.25, 0.3) is 0 Å². The van der Waals surface area contributed by atoms with E-state index in [0.29, 0.717) is 0 Å². The monoisotopic (exact) mass is 354 g/mol. The van der Waals surface area contributed by atoms with Gasteiger partial charge in [0.2, 0.25) is 0 Å². The first-order chi connectivity index (χ1) is 12.2. The highest BCUT2D eigenvalue weighted by Gasteiger charge is 2.18. The number of quaternary nitrogens is 1. The Bertz CT molecular complexity index is 242. The lowest BCUT2D eigenvalue weighted by Gasteiger charge is -2.34. The summed E-state index contributed by atoms with van der Waals surface area (Å²) in [4.78, 5) is 0. The van der Waals surface area contributed by atoms with E-state index in [1.54, 1.807) is 0 Å². The van der Waals surface area contributed by atoms with Crippen LogP contribution in [0.1, 0.15) is 130 Å². The minimum atomic E-state index is 1.31. The third-order valence-electron chi connectivity index (χ3n) is 5.83. The Hall–Kier alpha value is -0.0400. The first-order valence-electron chi connectivity index (χ1n) is 12.0. The summed E-state index contributed by atoms with van der Waals surface area (Å²) < 4.78 is 1.31. The maximum absolute atomic E-state index is 2.47. The van der Waals surface area contributed by atoms with Crippen molar-refractivity contribution >= 4 is 0 Å². The van der Waals surface area contributed by atoms with Gasteiger partial charge < -0.3 is 4.48 Å². The van der Waals surface area contributed by atoms with E-state index in [-0.39, 0.29) is 0 Å². The molecule has 0 aromatic rings. The number of nitrogens with zero attached hydrogens (tertiary/aromatic N) is 1. The van der Waals surface area contributed by atoms with E-state index in [4.69, 9.17) is 0 Å². The Balaban J connectivity index is 3.28. The Morgan fingerprint density at radius 1 is 0.360 bits per heavy atom. The summed E-state index contributed by atoms with van der Waals surface area (Å²) >= 11 is 0. The van der Waals surface area contributed by atoms with Crippen molar-refractivity contribution in [1.82, 2.24) is 0 Å². The molecule has 0 aliphatic carbocycles. The fraction of sp³-hybridized carbons (Fsp3) is 1.00. The van der Waals surface area contributed by atoms with E-state index >= 15 is 0 Å². The fourth-order valence-corrected chi connectivity index (χ4v) is 4.28. The molecule has 0 heterocycles. The van der Waals surface area contributed by atoms with Crippen molar-refractivity contribution in [2.24, 2.45) is 0 Å². The molecule has 0 aliphatic heterocycles. The van der Waals surface area contributed by atoms with Crippen LogP contribution in [0.3, 0.4) is 0 Å². The molecular formula is C24H52N+. The van der Waals surface area contributed by atoms with Gasteiger partial charge in [-0.2, -0.15) is 0 Å². The Morgan fingerprint density at radius 2 is 0.680 bits per heavy atom. The van der Waals surface area contributed by atoms with Crippen LogP contribution in [0.25, 0.3) is 0 Å². The van der Waals surface area contributed by atoms with Crippen molar-refractivity contribution in [3.8, 4) is 0 Å². The van der Waals surface area contributed by atoms with E-state index in [0.717, 1.165) is 0 Å². The second kappa shape index (κ2) is 18.7. The van der Waals surface area contributed by atoms with Crippen LogP contribution < -0.4 is 0 Å². The quantitative estimate of drug-likeness (QED) is 0.153. The molecule has 0 spiro atoms. The van der Waals surface area contributed by atoms with Gasteiger partial charge in [-0.15, -0.1) is 0 Å². The van der Waals surface area contributed by atoms with Gasteiger partial charge in [0.05, 0.1) is 26.7 Å². The highest BCUT2D eigenvalue weighted by Crippen LogP contribution is 2.14. The molecule has 152 valence electrons. The molecule has 0 amide bonds. The third kappa shape index (κ3) is 17.1. The fourth-order valence-electron chi connectivity index (χ4n) is 4.28. The van der Waals surface area contributed by atoms with Gasteiger partial charge >= 0.3 is 0 Å². The van der Waals surface area contributed by atoms with E-state index in [2.05, 4.69) is 27.8 Å². The second-order valence-electron chi connectivity index (χ2n) is 8.74. The maximum Gasteiger partial charge on any atom is 0.0784 e. The highest BCUT2D eigenvalue weighted by atomic mass is 15.3. The zero-order chi connectivity index (χ0) is 18.6. The number of unbranched alkanes of at least 4 members (excludes halogenated alkanes) is 14. The zero-order valence-corrected chi connectivity index (χ0v) is 18.6. The zero-order valence-electron chi connectivity index (χ0n) is 18.6. The van der Waals surface area contributed by atoms with Crippen molar-refractivity contribution in [1.29, 1.82) is 0 Å². The lowest BCUT2D eigenvalue weighted by molar-refractivity contribution is -0.909. The number of rotatable bonds is 20. The topological polar surface area (TPSA) is 0 Å². The summed E-state index contributed by atoms with van der Waals surface area (Å²) in [6.45, 7) is 11.1. The lowest BCUT2D eigenvalue weighted by atomic mass is 10.0. The Morgan fingerprint density at radius 3 is 1.00 bits per heavy atom. The molecule has 0 aliphatic rings. The molecular weight excluding hydrogens is 302 g/mol. The molecule has 0 saturated heterocycles. The van der Waals surface area contributed by atoms with Crippen LogP contribution in [-0.2, 0) is 0 Å². The van der Waals surface area contributed by atoms with Gasteiger partial charge in [0.15, 0.2) is 0 Å². The summed E-state index contributed by atoms with van der Waals surface area (Å²) in [5.74, 6) is 0. The predicted molar refractivity (Wildman–Crippen MR) is 116 cm³/mol. The Kier molecular flexibility index (Phi) is 18.7. The van der Waals surface area contributed by atoms with Crippen LogP contribution in [0, 0.1) is 0 Å². The third-order valence-corrected chi connectivity index (χ3v) is 5.83. The maximum atomic E-state index is 2.47. The van der Waals surface area contributed by atoms with Crippen LogP contribution in [0.2, 0.25) is 0 Å². The van der Waals surface area contributed by atoms with E-state index in [9.17, 15) is 0 Å².